The van der Waals surface area contributed by atoms with Crippen LogP contribution in [0.25, 0.3) is 0 Å². The monoisotopic (exact) mass is 608 g/mol. The van der Waals surface area contributed by atoms with E-state index in [1.807, 2.05) is 0 Å². The van der Waals surface area contributed by atoms with Gasteiger partial charge in [-0.1, -0.05) is 41.0 Å². The smallest absolute Gasteiger partial charge is 0.308 e. The van der Waals surface area contributed by atoms with Crippen molar-refractivity contribution in [2.45, 2.75) is 137 Å². The van der Waals surface area contributed by atoms with E-state index in [1.54, 1.807) is 0 Å². The van der Waals surface area contributed by atoms with Crippen LogP contribution in [0.2, 0.25) is 0 Å². The number of hydrogen-bond donors (Lipinski definition) is 0. The standard InChI is InChI=1S/C38H56O6/c1-20(2)36(43-32-16-22-15-27(32)26-8-6-7-25(22)26)44-34(42)12-9-21(3)28-10-11-29-35-30(19-33(41)38(28,29)5)37(4)14-13-24(39)17-23(37)18-31(35)40/h20-23,25-30,32,35-36H,6-19H2,1-5H3. The first-order valence-electron chi connectivity index (χ1n) is 18.3. The third-order valence-corrected chi connectivity index (χ3v) is 15.2. The molecule has 6 nitrogen and oxygen atoms in total. The molecule has 0 aromatic rings. The van der Waals surface area contributed by atoms with E-state index in [-0.39, 0.29) is 64.7 Å². The molecule has 0 heterocycles. The Bertz CT molecular complexity index is 1190. The summed E-state index contributed by atoms with van der Waals surface area (Å²) in [7, 11) is 0. The predicted octanol–water partition coefficient (Wildman–Crippen LogP) is 7.36. The molecule has 0 aliphatic heterocycles. The van der Waals surface area contributed by atoms with Gasteiger partial charge in [0.05, 0.1) is 6.10 Å². The first-order valence-corrected chi connectivity index (χ1v) is 18.3. The Morgan fingerprint density at radius 3 is 2.45 bits per heavy atom. The van der Waals surface area contributed by atoms with Crippen molar-refractivity contribution in [2.75, 3.05) is 0 Å². The largest absolute Gasteiger partial charge is 0.435 e. The fraction of sp³-hybridized carbons (Fsp3) is 0.895. The molecular formula is C38H56O6. The van der Waals surface area contributed by atoms with E-state index >= 15 is 0 Å². The molecule has 0 N–H and O–H groups in total. The van der Waals surface area contributed by atoms with Gasteiger partial charge in [0.1, 0.15) is 17.3 Å². The summed E-state index contributed by atoms with van der Waals surface area (Å²) in [5, 5.41) is 0. The quantitative estimate of drug-likeness (QED) is 0.211. The number of carbonyl (C=O) groups excluding carboxylic acids is 4. The Balaban J connectivity index is 0.971. The zero-order valence-corrected chi connectivity index (χ0v) is 27.9. The van der Waals surface area contributed by atoms with Crippen molar-refractivity contribution >= 4 is 23.3 Å². The van der Waals surface area contributed by atoms with Crippen LogP contribution >= 0.6 is 0 Å². The minimum atomic E-state index is -0.517. The fourth-order valence-electron chi connectivity index (χ4n) is 12.8. The molecule has 44 heavy (non-hydrogen) atoms. The lowest BCUT2D eigenvalue weighted by molar-refractivity contribution is -0.210. The van der Waals surface area contributed by atoms with Crippen molar-refractivity contribution in [3.05, 3.63) is 0 Å². The molecule has 0 amide bonds. The van der Waals surface area contributed by atoms with Crippen LogP contribution in [0, 0.1) is 75.9 Å². The minimum Gasteiger partial charge on any atom is -0.435 e. The average molecular weight is 609 g/mol. The number of esters is 1. The van der Waals surface area contributed by atoms with E-state index in [0.717, 1.165) is 43.4 Å². The lowest BCUT2D eigenvalue weighted by Gasteiger charge is -2.58. The maximum atomic E-state index is 14.1. The summed E-state index contributed by atoms with van der Waals surface area (Å²) in [6, 6.07) is 0. The predicted molar refractivity (Wildman–Crippen MR) is 166 cm³/mol. The molecule has 244 valence electrons. The number of Topliss-reactive ketones (excluding diaryl/α,β-unsaturated/α-hetero) is 3. The number of fused-ring (bicyclic) bond motifs is 10. The minimum absolute atomic E-state index is 0.0661. The molecule has 7 aliphatic rings. The van der Waals surface area contributed by atoms with Crippen molar-refractivity contribution in [3.8, 4) is 0 Å². The molecule has 7 saturated carbocycles. The Labute approximate surface area is 264 Å². The Morgan fingerprint density at radius 2 is 1.68 bits per heavy atom. The molecule has 2 bridgehead atoms. The van der Waals surface area contributed by atoms with Crippen molar-refractivity contribution in [3.63, 3.8) is 0 Å². The van der Waals surface area contributed by atoms with Crippen LogP contribution in [0.3, 0.4) is 0 Å². The highest BCUT2D eigenvalue weighted by Gasteiger charge is 2.66. The van der Waals surface area contributed by atoms with E-state index < -0.39 is 11.7 Å². The fourth-order valence-corrected chi connectivity index (χ4v) is 12.8. The second-order valence-electron chi connectivity index (χ2n) is 17.4. The lowest BCUT2D eigenvalue weighted by atomic mass is 9.44. The average Bonchev–Trinajstić information content (AvgIpc) is 3.75. The second kappa shape index (κ2) is 11.3. The summed E-state index contributed by atoms with van der Waals surface area (Å²) in [4.78, 5) is 53.3. The van der Waals surface area contributed by atoms with E-state index in [9.17, 15) is 19.2 Å². The third kappa shape index (κ3) is 4.80. The van der Waals surface area contributed by atoms with Crippen LogP contribution in [-0.2, 0) is 28.7 Å². The first-order chi connectivity index (χ1) is 20.9. The second-order valence-corrected chi connectivity index (χ2v) is 17.4. The summed E-state index contributed by atoms with van der Waals surface area (Å²) in [5.41, 5.74) is -0.611. The molecule has 6 heteroatoms. The molecule has 0 radical (unpaired) electrons. The zero-order valence-electron chi connectivity index (χ0n) is 27.9. The van der Waals surface area contributed by atoms with Crippen molar-refractivity contribution < 1.29 is 28.7 Å². The number of carbonyl (C=O) groups is 4. The molecule has 7 aliphatic carbocycles. The van der Waals surface area contributed by atoms with Gasteiger partial charge in [-0.2, -0.15) is 0 Å². The van der Waals surface area contributed by atoms with Gasteiger partial charge >= 0.3 is 5.97 Å². The van der Waals surface area contributed by atoms with Crippen LogP contribution in [0.15, 0.2) is 0 Å². The highest BCUT2D eigenvalue weighted by Crippen LogP contribution is 2.66. The van der Waals surface area contributed by atoms with E-state index in [2.05, 4.69) is 34.6 Å². The maximum absolute atomic E-state index is 14.1. The molecule has 0 aromatic heterocycles. The van der Waals surface area contributed by atoms with Gasteiger partial charge in [0.2, 0.25) is 6.29 Å². The van der Waals surface area contributed by atoms with Gasteiger partial charge in [0.15, 0.2) is 0 Å². The molecule has 0 saturated heterocycles. The Kier molecular flexibility index (Phi) is 7.98. The van der Waals surface area contributed by atoms with Gasteiger partial charge in [0, 0.05) is 49.4 Å². The van der Waals surface area contributed by atoms with Crippen molar-refractivity contribution in [1.82, 2.24) is 0 Å². The first kappa shape index (κ1) is 31.1. The van der Waals surface area contributed by atoms with E-state index in [1.165, 1.54) is 25.7 Å². The maximum Gasteiger partial charge on any atom is 0.308 e. The van der Waals surface area contributed by atoms with Crippen LogP contribution in [-0.4, -0.2) is 35.7 Å². The van der Waals surface area contributed by atoms with Gasteiger partial charge in [-0.05, 0) is 110 Å². The number of ketones is 3. The van der Waals surface area contributed by atoms with Crippen LogP contribution in [0.5, 0.6) is 0 Å². The molecule has 14 atom stereocenters. The van der Waals surface area contributed by atoms with Gasteiger partial charge in [-0.15, -0.1) is 0 Å². The van der Waals surface area contributed by atoms with Crippen molar-refractivity contribution in [2.24, 2.45) is 75.9 Å². The van der Waals surface area contributed by atoms with E-state index in [4.69, 9.17) is 9.47 Å². The summed E-state index contributed by atoms with van der Waals surface area (Å²) < 4.78 is 12.6. The van der Waals surface area contributed by atoms with Crippen LogP contribution in [0.4, 0.5) is 0 Å². The summed E-state index contributed by atoms with van der Waals surface area (Å²) in [5.74, 6) is 4.51. The SMILES string of the molecule is CC(C)C(OC(=O)CCC(C)C1CCC2C3C(=O)CC4CC(=O)CCC4(C)C3CC(=O)C12C)OC1CC2CC1C1CCCC21. The topological polar surface area (TPSA) is 86.7 Å². The summed E-state index contributed by atoms with van der Waals surface area (Å²) in [6.45, 7) is 10.8. The van der Waals surface area contributed by atoms with Gasteiger partial charge < -0.3 is 9.47 Å². The highest BCUT2D eigenvalue weighted by molar-refractivity contribution is 5.93. The molecule has 0 spiro atoms. The zero-order chi connectivity index (χ0) is 31.1. The van der Waals surface area contributed by atoms with E-state index in [0.29, 0.717) is 56.0 Å². The van der Waals surface area contributed by atoms with Crippen LogP contribution < -0.4 is 0 Å². The summed E-state index contributed by atoms with van der Waals surface area (Å²) in [6.07, 6.45) is 12.0. The Morgan fingerprint density at radius 1 is 0.909 bits per heavy atom. The molecule has 14 unspecified atom stereocenters. The number of ether oxygens (including phenoxy) is 2. The van der Waals surface area contributed by atoms with Gasteiger partial charge in [-0.3, -0.25) is 19.2 Å². The number of rotatable bonds is 8. The normalized spacial score (nSPS) is 47.3. The Hall–Kier alpha value is -1.56. The molecule has 7 rings (SSSR count). The van der Waals surface area contributed by atoms with Gasteiger partial charge in [0.25, 0.3) is 0 Å². The molecule has 7 fully saturated rings. The molecular weight excluding hydrogens is 552 g/mol. The highest BCUT2D eigenvalue weighted by atomic mass is 16.7. The van der Waals surface area contributed by atoms with Crippen LogP contribution in [0.1, 0.15) is 125 Å². The lowest BCUT2D eigenvalue weighted by Crippen LogP contribution is -2.60. The van der Waals surface area contributed by atoms with Crippen molar-refractivity contribution in [1.29, 1.82) is 0 Å². The summed E-state index contributed by atoms with van der Waals surface area (Å²) >= 11 is 0. The molecule has 0 aromatic carbocycles. The number of hydrogen-bond acceptors (Lipinski definition) is 6. The van der Waals surface area contributed by atoms with Gasteiger partial charge in [-0.25, -0.2) is 0 Å². The third-order valence-electron chi connectivity index (χ3n) is 15.2.